The molecule has 2 radical (unpaired) electrons. The van der Waals surface area contributed by atoms with Gasteiger partial charge in [0.2, 0.25) is 10.0 Å². The van der Waals surface area contributed by atoms with Gasteiger partial charge in [0.15, 0.2) is 0 Å². The fourth-order valence-corrected chi connectivity index (χ4v) is 7.24. The van der Waals surface area contributed by atoms with Crippen molar-refractivity contribution in [3.8, 4) is 0 Å². The van der Waals surface area contributed by atoms with Crippen LogP contribution in [0.5, 0.6) is 0 Å². The van der Waals surface area contributed by atoms with Crippen molar-refractivity contribution < 1.29 is 8.42 Å². The summed E-state index contributed by atoms with van der Waals surface area (Å²) in [5.74, 6) is 1.11. The van der Waals surface area contributed by atoms with Gasteiger partial charge in [-0.15, -0.1) is 0 Å². The van der Waals surface area contributed by atoms with E-state index in [2.05, 4.69) is 6.92 Å². The van der Waals surface area contributed by atoms with Crippen molar-refractivity contribution >= 4 is 17.9 Å². The minimum atomic E-state index is -3.45. The summed E-state index contributed by atoms with van der Waals surface area (Å²) < 4.78 is 28.4. The normalized spacial score (nSPS) is 27.7. The van der Waals surface area contributed by atoms with E-state index in [1.807, 2.05) is 18.2 Å². The number of hydrogen-bond acceptors (Lipinski definition) is 2. The average Bonchev–Trinajstić information content (AvgIpc) is 2.75. The fourth-order valence-electron chi connectivity index (χ4n) is 5.68. The van der Waals surface area contributed by atoms with Gasteiger partial charge in [-0.3, -0.25) is 0 Å². The van der Waals surface area contributed by atoms with Crippen molar-refractivity contribution in [2.75, 3.05) is 13.1 Å². The number of unbranched alkanes of at least 4 members (excludes halogenated alkanes) is 2. The minimum absolute atomic E-state index is 0.0612. The highest BCUT2D eigenvalue weighted by molar-refractivity contribution is 7.89. The van der Waals surface area contributed by atoms with Crippen molar-refractivity contribution in [3.05, 3.63) is 30.3 Å². The van der Waals surface area contributed by atoms with Gasteiger partial charge in [0.25, 0.3) is 0 Å². The van der Waals surface area contributed by atoms with Crippen LogP contribution in [0, 0.1) is 17.3 Å². The van der Waals surface area contributed by atoms with Crippen LogP contribution in [0.4, 0.5) is 0 Å². The molecular weight excluding hydrogens is 365 g/mol. The quantitative estimate of drug-likeness (QED) is 0.430. The molecule has 0 aromatic heterocycles. The molecule has 5 heteroatoms. The molecule has 0 N–H and O–H groups in total. The molecule has 1 aliphatic heterocycles. The van der Waals surface area contributed by atoms with Gasteiger partial charge in [-0.05, 0) is 55.1 Å². The SMILES string of the molecule is [B]CC1(C2CCCCC2)CN(S(=O)(=O)c2ccccc2)CCC1CCCCC. The summed E-state index contributed by atoms with van der Waals surface area (Å²) in [5, 5.41) is 0. The molecular formula is C23H36BNO2S. The Bertz CT molecular complexity index is 703. The van der Waals surface area contributed by atoms with Crippen LogP contribution >= 0.6 is 0 Å². The Kier molecular flexibility index (Phi) is 7.66. The van der Waals surface area contributed by atoms with Gasteiger partial charge in [-0.25, -0.2) is 8.42 Å². The van der Waals surface area contributed by atoms with Crippen LogP contribution in [0.3, 0.4) is 0 Å². The Balaban J connectivity index is 1.88. The topological polar surface area (TPSA) is 37.4 Å². The standard InChI is InChI=1S/C23H36BNO2S/c1-2-3-6-11-21-16-17-25(28(26,27)22-14-9-5-10-15-22)19-23(21,18-24)20-12-7-4-8-13-20/h5,9-10,14-15,20-21H,2-4,6-8,11-13,16-19H2,1H3. The maximum atomic E-state index is 13.3. The zero-order valence-corrected chi connectivity index (χ0v) is 18.3. The maximum Gasteiger partial charge on any atom is 0.243 e. The van der Waals surface area contributed by atoms with Gasteiger partial charge in [0.1, 0.15) is 0 Å². The second-order valence-electron chi connectivity index (χ2n) is 8.91. The first-order valence-electron chi connectivity index (χ1n) is 11.3. The van der Waals surface area contributed by atoms with E-state index in [0.29, 0.717) is 36.1 Å². The van der Waals surface area contributed by atoms with Crippen LogP contribution in [0.1, 0.15) is 71.1 Å². The van der Waals surface area contributed by atoms with Gasteiger partial charge in [0.05, 0.1) is 12.7 Å². The number of piperidine rings is 1. The molecule has 2 fully saturated rings. The molecule has 1 aromatic rings. The highest BCUT2D eigenvalue weighted by atomic mass is 32.2. The smallest absolute Gasteiger partial charge is 0.207 e. The molecule has 2 aliphatic rings. The van der Waals surface area contributed by atoms with E-state index in [4.69, 9.17) is 7.85 Å². The summed E-state index contributed by atoms with van der Waals surface area (Å²) in [4.78, 5) is 0.411. The van der Waals surface area contributed by atoms with Crippen molar-refractivity contribution in [2.24, 2.45) is 17.3 Å². The number of sulfonamides is 1. The maximum absolute atomic E-state index is 13.3. The molecule has 1 aromatic carbocycles. The van der Waals surface area contributed by atoms with Crippen molar-refractivity contribution in [1.29, 1.82) is 0 Å². The summed E-state index contributed by atoms with van der Waals surface area (Å²) in [5.41, 5.74) is -0.0612. The van der Waals surface area contributed by atoms with Gasteiger partial charge in [0, 0.05) is 13.1 Å². The molecule has 3 rings (SSSR count). The van der Waals surface area contributed by atoms with Crippen molar-refractivity contribution in [1.82, 2.24) is 4.31 Å². The molecule has 3 nitrogen and oxygen atoms in total. The molecule has 1 aliphatic carbocycles. The highest BCUT2D eigenvalue weighted by Gasteiger charge is 2.49. The number of rotatable bonds is 8. The van der Waals surface area contributed by atoms with E-state index >= 15 is 0 Å². The molecule has 2 unspecified atom stereocenters. The second-order valence-corrected chi connectivity index (χ2v) is 10.8. The predicted molar refractivity (Wildman–Crippen MR) is 117 cm³/mol. The average molecular weight is 401 g/mol. The largest absolute Gasteiger partial charge is 0.243 e. The molecule has 28 heavy (non-hydrogen) atoms. The number of hydrogen-bond donors (Lipinski definition) is 0. The summed E-state index contributed by atoms with van der Waals surface area (Å²) in [6, 6.07) is 8.91. The minimum Gasteiger partial charge on any atom is -0.207 e. The Morgan fingerprint density at radius 3 is 2.43 bits per heavy atom. The Morgan fingerprint density at radius 2 is 1.79 bits per heavy atom. The monoisotopic (exact) mass is 401 g/mol. The lowest BCUT2D eigenvalue weighted by molar-refractivity contribution is 0.00215. The van der Waals surface area contributed by atoms with Crippen molar-refractivity contribution in [2.45, 2.75) is 82.3 Å². The third-order valence-corrected chi connectivity index (χ3v) is 9.21. The number of nitrogens with zero attached hydrogens (tertiary/aromatic N) is 1. The van der Waals surface area contributed by atoms with E-state index in [1.54, 1.807) is 16.4 Å². The van der Waals surface area contributed by atoms with Crippen LogP contribution < -0.4 is 0 Å². The lowest BCUT2D eigenvalue weighted by Gasteiger charge is -2.53. The highest BCUT2D eigenvalue weighted by Crippen LogP contribution is 2.52. The van der Waals surface area contributed by atoms with Crippen LogP contribution in [0.2, 0.25) is 6.32 Å². The molecule has 0 amide bonds. The first-order valence-corrected chi connectivity index (χ1v) is 12.7. The lowest BCUT2D eigenvalue weighted by atomic mass is 9.54. The third kappa shape index (κ3) is 4.51. The Morgan fingerprint density at radius 1 is 1.07 bits per heavy atom. The Labute approximate surface area is 173 Å². The third-order valence-electron chi connectivity index (χ3n) is 7.35. The first-order chi connectivity index (χ1) is 13.5. The van der Waals surface area contributed by atoms with Gasteiger partial charge < -0.3 is 0 Å². The van der Waals surface area contributed by atoms with Gasteiger partial charge >= 0.3 is 0 Å². The van der Waals surface area contributed by atoms with Crippen LogP contribution in [-0.2, 0) is 10.0 Å². The van der Waals surface area contributed by atoms with E-state index in [0.717, 1.165) is 6.42 Å². The Hall–Kier alpha value is -0.805. The van der Waals surface area contributed by atoms with Gasteiger partial charge in [-0.2, -0.15) is 4.31 Å². The van der Waals surface area contributed by atoms with Gasteiger partial charge in [-0.1, -0.05) is 70.0 Å². The van der Waals surface area contributed by atoms with E-state index < -0.39 is 10.0 Å². The van der Waals surface area contributed by atoms with Crippen molar-refractivity contribution in [3.63, 3.8) is 0 Å². The zero-order chi connectivity index (χ0) is 20.0. The van der Waals surface area contributed by atoms with E-state index in [1.165, 1.54) is 57.8 Å². The molecule has 0 spiro atoms. The van der Waals surface area contributed by atoms with E-state index in [-0.39, 0.29) is 5.41 Å². The van der Waals surface area contributed by atoms with E-state index in [9.17, 15) is 8.42 Å². The predicted octanol–water partition coefficient (Wildman–Crippen LogP) is 5.43. The first kappa shape index (κ1) is 21.9. The second kappa shape index (κ2) is 9.80. The molecule has 154 valence electrons. The summed E-state index contributed by atoms with van der Waals surface area (Å²) in [6.45, 7) is 3.47. The van der Waals surface area contributed by atoms with Crippen LogP contribution in [0.15, 0.2) is 35.2 Å². The zero-order valence-electron chi connectivity index (χ0n) is 17.5. The molecule has 1 saturated carbocycles. The molecule has 0 bridgehead atoms. The molecule has 2 atom stereocenters. The fraction of sp³-hybridized carbons (Fsp3) is 0.739. The van der Waals surface area contributed by atoms with Crippen LogP contribution in [-0.4, -0.2) is 33.7 Å². The summed E-state index contributed by atoms with van der Waals surface area (Å²) in [6.07, 6.45) is 12.7. The summed E-state index contributed by atoms with van der Waals surface area (Å²) >= 11 is 0. The molecule has 1 heterocycles. The number of benzene rings is 1. The molecule has 1 saturated heterocycles. The lowest BCUT2D eigenvalue weighted by Crippen LogP contribution is -2.54. The summed E-state index contributed by atoms with van der Waals surface area (Å²) in [7, 11) is 3.03. The van der Waals surface area contributed by atoms with Crippen LogP contribution in [0.25, 0.3) is 0 Å².